The van der Waals surface area contributed by atoms with E-state index in [9.17, 15) is 14.7 Å². The lowest BCUT2D eigenvalue weighted by Gasteiger charge is -2.25. The highest BCUT2D eigenvalue weighted by Gasteiger charge is 2.30. The molecule has 0 bridgehead atoms. The van der Waals surface area contributed by atoms with Crippen molar-refractivity contribution in [3.05, 3.63) is 57.8 Å². The van der Waals surface area contributed by atoms with Crippen LogP contribution in [0.1, 0.15) is 65.6 Å². The van der Waals surface area contributed by atoms with E-state index in [0.717, 1.165) is 43.4 Å². The van der Waals surface area contributed by atoms with Gasteiger partial charge in [0.1, 0.15) is 4.88 Å². The third-order valence-corrected chi connectivity index (χ3v) is 7.14. The minimum Gasteiger partial charge on any atom is -0.477 e. The number of thiophene rings is 1. The molecule has 32 heavy (non-hydrogen) atoms. The largest absolute Gasteiger partial charge is 0.477 e. The third kappa shape index (κ3) is 6.94. The van der Waals surface area contributed by atoms with Crippen molar-refractivity contribution in [3.63, 3.8) is 0 Å². The number of hydrogen-bond acceptors (Lipinski definition) is 4. The predicted octanol–water partition coefficient (Wildman–Crippen LogP) is 4.59. The van der Waals surface area contributed by atoms with E-state index in [4.69, 9.17) is 5.11 Å². The summed E-state index contributed by atoms with van der Waals surface area (Å²) in [5.74, 6) is 5.37. The van der Waals surface area contributed by atoms with Gasteiger partial charge in [0.2, 0.25) is 5.91 Å². The van der Waals surface area contributed by atoms with Crippen molar-refractivity contribution in [2.24, 2.45) is 5.92 Å². The second kappa shape index (κ2) is 11.8. The smallest absolute Gasteiger partial charge is 0.345 e. The van der Waals surface area contributed by atoms with Crippen LogP contribution in [0.2, 0.25) is 0 Å². The first-order valence-electron chi connectivity index (χ1n) is 11.3. The number of carboxylic acid groups (broad SMARTS) is 1. The molecule has 3 rings (SSSR count). The van der Waals surface area contributed by atoms with Crippen molar-refractivity contribution < 1.29 is 19.8 Å². The Labute approximate surface area is 194 Å². The molecule has 1 fully saturated rings. The Morgan fingerprint density at radius 1 is 1.22 bits per heavy atom. The fraction of sp³-hybridized carbons (Fsp3) is 0.462. The molecule has 5 nitrogen and oxygen atoms in total. The zero-order chi connectivity index (χ0) is 22.9. The number of benzene rings is 1. The molecule has 1 aromatic carbocycles. The van der Waals surface area contributed by atoms with Crippen LogP contribution in [0.25, 0.3) is 0 Å². The molecule has 2 aromatic rings. The number of rotatable bonds is 10. The van der Waals surface area contributed by atoms with Gasteiger partial charge in [-0.3, -0.25) is 4.79 Å². The quantitative estimate of drug-likeness (QED) is 0.516. The van der Waals surface area contributed by atoms with E-state index in [1.807, 2.05) is 11.0 Å². The molecule has 3 atom stereocenters. The van der Waals surface area contributed by atoms with Crippen LogP contribution in [0, 0.1) is 17.8 Å². The Morgan fingerprint density at radius 2 is 2.00 bits per heavy atom. The van der Waals surface area contributed by atoms with Crippen LogP contribution < -0.4 is 0 Å². The number of aryl methyl sites for hydroxylation is 1. The van der Waals surface area contributed by atoms with Gasteiger partial charge in [-0.1, -0.05) is 49.1 Å². The van der Waals surface area contributed by atoms with E-state index >= 15 is 0 Å². The predicted molar refractivity (Wildman–Crippen MR) is 127 cm³/mol. The molecule has 1 aliphatic heterocycles. The maximum absolute atomic E-state index is 12.3. The van der Waals surface area contributed by atoms with Crippen molar-refractivity contribution in [2.45, 2.75) is 64.0 Å². The SMILES string of the molecule is C[C@@H](CCCc1ccccc1)[C@H](O)CC[C@H]1CCC(=O)N1CC#Cc1ccc(C(=O)O)s1. The molecule has 0 spiro atoms. The highest BCUT2D eigenvalue weighted by atomic mass is 32.1. The van der Waals surface area contributed by atoms with Gasteiger partial charge in [0.15, 0.2) is 0 Å². The van der Waals surface area contributed by atoms with Crippen LogP contribution in [0.15, 0.2) is 42.5 Å². The maximum atomic E-state index is 12.3. The first-order chi connectivity index (χ1) is 15.4. The van der Waals surface area contributed by atoms with E-state index in [1.165, 1.54) is 5.56 Å². The molecule has 2 N–H and O–H groups in total. The summed E-state index contributed by atoms with van der Waals surface area (Å²) in [5.41, 5.74) is 1.33. The monoisotopic (exact) mass is 453 g/mol. The molecule has 1 saturated heterocycles. The zero-order valence-electron chi connectivity index (χ0n) is 18.5. The molecule has 0 saturated carbocycles. The minimum atomic E-state index is -0.953. The topological polar surface area (TPSA) is 77.8 Å². The fourth-order valence-electron chi connectivity index (χ4n) is 4.16. The van der Waals surface area contributed by atoms with Crippen molar-refractivity contribution in [1.29, 1.82) is 0 Å². The van der Waals surface area contributed by atoms with Crippen molar-refractivity contribution >= 4 is 23.2 Å². The Balaban J connectivity index is 1.43. The first-order valence-corrected chi connectivity index (χ1v) is 12.1. The van der Waals surface area contributed by atoms with Gasteiger partial charge in [0.25, 0.3) is 0 Å². The molecule has 0 radical (unpaired) electrons. The Bertz CT molecular complexity index is 959. The van der Waals surface area contributed by atoms with Crippen LogP contribution >= 0.6 is 11.3 Å². The van der Waals surface area contributed by atoms with Crippen LogP contribution in [-0.2, 0) is 11.2 Å². The molecule has 0 unspecified atom stereocenters. The number of nitrogens with zero attached hydrogens (tertiary/aromatic N) is 1. The first kappa shape index (κ1) is 24.0. The fourth-order valence-corrected chi connectivity index (χ4v) is 4.87. The van der Waals surface area contributed by atoms with Crippen LogP contribution in [0.3, 0.4) is 0 Å². The number of amides is 1. The molecular formula is C26H31NO4S. The van der Waals surface area contributed by atoms with Gasteiger partial charge in [-0.25, -0.2) is 4.79 Å². The van der Waals surface area contributed by atoms with Crippen LogP contribution in [0.4, 0.5) is 0 Å². The van der Waals surface area contributed by atoms with Crippen molar-refractivity contribution in [1.82, 2.24) is 4.90 Å². The molecule has 2 heterocycles. The van der Waals surface area contributed by atoms with E-state index in [1.54, 1.807) is 12.1 Å². The molecule has 6 heteroatoms. The van der Waals surface area contributed by atoms with Gasteiger partial charge in [-0.15, -0.1) is 11.3 Å². The van der Waals surface area contributed by atoms with Crippen molar-refractivity contribution in [2.75, 3.05) is 6.54 Å². The number of aromatic carboxylic acids is 1. The van der Waals surface area contributed by atoms with Gasteiger partial charge in [0.05, 0.1) is 17.5 Å². The number of hydrogen-bond donors (Lipinski definition) is 2. The Kier molecular flexibility index (Phi) is 8.90. The summed E-state index contributed by atoms with van der Waals surface area (Å²) in [4.78, 5) is 26.0. The summed E-state index contributed by atoms with van der Waals surface area (Å²) in [6, 6.07) is 13.8. The summed E-state index contributed by atoms with van der Waals surface area (Å²) in [5, 5.41) is 19.6. The van der Waals surface area contributed by atoms with Gasteiger partial charge in [0, 0.05) is 12.5 Å². The Morgan fingerprint density at radius 3 is 2.72 bits per heavy atom. The van der Waals surface area contributed by atoms with Gasteiger partial charge in [-0.2, -0.15) is 0 Å². The van der Waals surface area contributed by atoms with Gasteiger partial charge >= 0.3 is 5.97 Å². The third-order valence-electron chi connectivity index (χ3n) is 6.15. The zero-order valence-corrected chi connectivity index (χ0v) is 19.3. The van der Waals surface area contributed by atoms with Crippen LogP contribution in [0.5, 0.6) is 0 Å². The number of carboxylic acids is 1. The number of carbonyl (C=O) groups is 2. The summed E-state index contributed by atoms with van der Waals surface area (Å²) in [7, 11) is 0. The average Bonchev–Trinajstić information content (AvgIpc) is 3.40. The van der Waals surface area contributed by atoms with E-state index < -0.39 is 5.97 Å². The lowest BCUT2D eigenvalue weighted by atomic mass is 9.92. The Hall–Kier alpha value is -2.62. The molecule has 1 amide bonds. The second-order valence-electron chi connectivity index (χ2n) is 8.48. The molecule has 1 aromatic heterocycles. The lowest BCUT2D eigenvalue weighted by Crippen LogP contribution is -2.34. The van der Waals surface area contributed by atoms with Gasteiger partial charge < -0.3 is 15.1 Å². The molecule has 0 aliphatic carbocycles. The standard InChI is InChI=1S/C26H31NO4S/c1-19(7-5-10-20-8-3-2-4-9-20)23(28)15-12-21-13-17-25(29)27(21)18-6-11-22-14-16-24(32-22)26(30)31/h2-4,8-9,14,16,19,21,23,28H,5,7,10,12-13,15,17-18H2,1H3,(H,30,31)/t19-,21-,23+/m0/s1. The summed E-state index contributed by atoms with van der Waals surface area (Å²) >= 11 is 1.14. The van der Waals surface area contributed by atoms with Gasteiger partial charge in [-0.05, 0) is 62.1 Å². The summed E-state index contributed by atoms with van der Waals surface area (Å²) in [6.45, 7) is 2.44. The normalized spacial score (nSPS) is 17.6. The number of aliphatic hydroxyl groups is 1. The number of likely N-dealkylation sites (tertiary alicyclic amines) is 1. The lowest BCUT2D eigenvalue weighted by molar-refractivity contribution is -0.128. The highest BCUT2D eigenvalue weighted by molar-refractivity contribution is 7.14. The van der Waals surface area contributed by atoms with E-state index in [2.05, 4.69) is 43.0 Å². The van der Waals surface area contributed by atoms with Crippen molar-refractivity contribution in [3.8, 4) is 11.8 Å². The average molecular weight is 454 g/mol. The molecule has 1 aliphatic rings. The molecule has 170 valence electrons. The molecular weight excluding hydrogens is 422 g/mol. The number of aliphatic hydroxyl groups excluding tert-OH is 1. The number of carbonyl (C=O) groups excluding carboxylic acids is 1. The minimum absolute atomic E-state index is 0.104. The van der Waals surface area contributed by atoms with E-state index in [0.29, 0.717) is 24.3 Å². The maximum Gasteiger partial charge on any atom is 0.345 e. The second-order valence-corrected chi connectivity index (χ2v) is 9.57. The highest BCUT2D eigenvalue weighted by Crippen LogP contribution is 2.25. The van der Waals surface area contributed by atoms with Crippen LogP contribution in [-0.4, -0.2) is 45.7 Å². The summed E-state index contributed by atoms with van der Waals surface area (Å²) < 4.78 is 0. The van der Waals surface area contributed by atoms with E-state index in [-0.39, 0.29) is 28.8 Å². The summed E-state index contributed by atoms with van der Waals surface area (Å²) in [6.07, 6.45) is 5.48.